The predicted molar refractivity (Wildman–Crippen MR) is 83.2 cm³/mol. The van der Waals surface area contributed by atoms with Crippen molar-refractivity contribution in [3.63, 3.8) is 0 Å². The summed E-state index contributed by atoms with van der Waals surface area (Å²) in [6.07, 6.45) is 0. The zero-order chi connectivity index (χ0) is 15.6. The molecule has 0 saturated heterocycles. The molecule has 1 N–H and O–H groups in total. The topological polar surface area (TPSA) is 71.4 Å². The summed E-state index contributed by atoms with van der Waals surface area (Å²) >= 11 is 3.22. The van der Waals surface area contributed by atoms with Crippen molar-refractivity contribution in [2.75, 3.05) is 0 Å². The monoisotopic (exact) mass is 368 g/mol. The van der Waals surface area contributed by atoms with Gasteiger partial charge in [0.05, 0.1) is 16.2 Å². The molecule has 2 rings (SSSR count). The van der Waals surface area contributed by atoms with Crippen molar-refractivity contribution in [3.05, 3.63) is 63.6 Å². The van der Waals surface area contributed by atoms with Gasteiger partial charge in [0.2, 0.25) is 0 Å². The van der Waals surface area contributed by atoms with E-state index in [0.717, 1.165) is 0 Å². The van der Waals surface area contributed by atoms with Gasteiger partial charge >= 0.3 is 5.97 Å². The molecule has 2 aromatic rings. The van der Waals surface area contributed by atoms with E-state index in [-0.39, 0.29) is 16.2 Å². The van der Waals surface area contributed by atoms with Gasteiger partial charge in [-0.1, -0.05) is 46.3 Å². The zero-order valence-corrected chi connectivity index (χ0v) is 13.6. The van der Waals surface area contributed by atoms with Crippen LogP contribution in [-0.2, 0) is 15.6 Å². The van der Waals surface area contributed by atoms with Gasteiger partial charge in [0.25, 0.3) is 0 Å². The van der Waals surface area contributed by atoms with E-state index >= 15 is 0 Å². The lowest BCUT2D eigenvalue weighted by molar-refractivity contribution is 0.0696. The smallest absolute Gasteiger partial charge is 0.335 e. The minimum atomic E-state index is -3.62. The second kappa shape index (κ2) is 5.99. The summed E-state index contributed by atoms with van der Waals surface area (Å²) in [6, 6.07) is 11.4. The van der Waals surface area contributed by atoms with Gasteiger partial charge < -0.3 is 5.11 Å². The molecule has 0 unspecified atom stereocenters. The van der Waals surface area contributed by atoms with Crippen molar-refractivity contribution in [1.82, 2.24) is 0 Å². The van der Waals surface area contributed by atoms with Crippen LogP contribution in [0.2, 0.25) is 0 Å². The highest BCUT2D eigenvalue weighted by atomic mass is 79.9. The van der Waals surface area contributed by atoms with Gasteiger partial charge in [0.15, 0.2) is 9.84 Å². The van der Waals surface area contributed by atoms with Crippen molar-refractivity contribution < 1.29 is 18.3 Å². The van der Waals surface area contributed by atoms with Crippen LogP contribution >= 0.6 is 15.9 Å². The Kier molecular flexibility index (Phi) is 4.49. The molecule has 0 atom stereocenters. The highest BCUT2D eigenvalue weighted by Crippen LogP contribution is 2.28. The number of carboxylic acid groups (broad SMARTS) is 1. The summed E-state index contributed by atoms with van der Waals surface area (Å²) in [5.74, 6) is -1.32. The standard InChI is InChI=1S/C15H13BrO4S/c1-10-13(16)7-12(15(17)18)8-14(10)21(19,20)9-11-5-3-2-4-6-11/h2-8H,9H2,1H3,(H,17,18). The Labute approximate surface area is 131 Å². The number of carbonyl (C=O) groups is 1. The summed E-state index contributed by atoms with van der Waals surface area (Å²) < 4.78 is 25.5. The average Bonchev–Trinajstić information content (AvgIpc) is 2.41. The van der Waals surface area contributed by atoms with Crippen molar-refractivity contribution >= 4 is 31.7 Å². The number of sulfone groups is 1. The van der Waals surface area contributed by atoms with Crippen LogP contribution in [0.25, 0.3) is 0 Å². The number of rotatable bonds is 4. The van der Waals surface area contributed by atoms with Gasteiger partial charge in [-0.05, 0) is 30.2 Å². The van der Waals surface area contributed by atoms with Gasteiger partial charge in [-0.2, -0.15) is 0 Å². The maximum absolute atomic E-state index is 12.5. The summed E-state index contributed by atoms with van der Waals surface area (Å²) in [7, 11) is -3.62. The molecule has 6 heteroatoms. The largest absolute Gasteiger partial charge is 0.478 e. The molecule has 0 fully saturated rings. The van der Waals surface area contributed by atoms with Crippen LogP contribution in [0.5, 0.6) is 0 Å². The second-order valence-electron chi connectivity index (χ2n) is 4.63. The van der Waals surface area contributed by atoms with E-state index in [4.69, 9.17) is 5.11 Å². The highest BCUT2D eigenvalue weighted by molar-refractivity contribution is 9.10. The molecule has 0 aliphatic carbocycles. The third-order valence-electron chi connectivity index (χ3n) is 3.08. The molecule has 0 amide bonds. The van der Waals surface area contributed by atoms with Gasteiger partial charge in [0.1, 0.15) is 0 Å². The Bertz CT molecular complexity index is 783. The summed E-state index contributed by atoms with van der Waals surface area (Å²) in [6.45, 7) is 1.65. The third kappa shape index (κ3) is 3.51. The fourth-order valence-corrected chi connectivity index (χ4v) is 4.23. The number of benzene rings is 2. The van der Waals surface area contributed by atoms with Crippen molar-refractivity contribution in [2.45, 2.75) is 17.6 Å². The van der Waals surface area contributed by atoms with Crippen molar-refractivity contribution in [2.24, 2.45) is 0 Å². The summed E-state index contributed by atoms with van der Waals surface area (Å²) in [4.78, 5) is 11.1. The Hall–Kier alpha value is -1.66. The number of halogens is 1. The molecule has 21 heavy (non-hydrogen) atoms. The lowest BCUT2D eigenvalue weighted by Crippen LogP contribution is -2.09. The Morgan fingerprint density at radius 3 is 2.38 bits per heavy atom. The van der Waals surface area contributed by atoms with Crippen molar-refractivity contribution in [1.29, 1.82) is 0 Å². The van der Waals surface area contributed by atoms with E-state index in [9.17, 15) is 13.2 Å². The van der Waals surface area contributed by atoms with Gasteiger partial charge in [-0.25, -0.2) is 13.2 Å². The Morgan fingerprint density at radius 2 is 1.81 bits per heavy atom. The molecule has 0 radical (unpaired) electrons. The predicted octanol–water partition coefficient (Wildman–Crippen LogP) is 3.43. The molecule has 0 aliphatic heterocycles. The first-order valence-corrected chi connectivity index (χ1v) is 8.56. The number of carboxylic acids is 1. The first-order valence-electron chi connectivity index (χ1n) is 6.11. The molecular formula is C15H13BrO4S. The normalized spacial score (nSPS) is 11.3. The Balaban J connectivity index is 2.52. The number of aromatic carboxylic acids is 1. The highest BCUT2D eigenvalue weighted by Gasteiger charge is 2.21. The fourth-order valence-electron chi connectivity index (χ4n) is 1.97. The molecule has 110 valence electrons. The van der Waals surface area contributed by atoms with E-state index in [1.165, 1.54) is 12.1 Å². The van der Waals surface area contributed by atoms with Crippen LogP contribution in [0.4, 0.5) is 0 Å². The van der Waals surface area contributed by atoms with Crippen LogP contribution in [0.1, 0.15) is 21.5 Å². The molecule has 0 bridgehead atoms. The molecule has 0 heterocycles. The molecule has 0 spiro atoms. The van der Waals surface area contributed by atoms with E-state index in [0.29, 0.717) is 15.6 Å². The number of hydrogen-bond acceptors (Lipinski definition) is 3. The van der Waals surface area contributed by atoms with Crippen LogP contribution < -0.4 is 0 Å². The minimum absolute atomic E-state index is 0.0399. The van der Waals surface area contributed by atoms with Crippen molar-refractivity contribution in [3.8, 4) is 0 Å². The first-order chi connectivity index (χ1) is 9.81. The van der Waals surface area contributed by atoms with E-state index in [1.54, 1.807) is 31.2 Å². The van der Waals surface area contributed by atoms with E-state index < -0.39 is 15.8 Å². The lowest BCUT2D eigenvalue weighted by Gasteiger charge is -2.11. The SMILES string of the molecule is Cc1c(Br)cc(C(=O)O)cc1S(=O)(=O)Cc1ccccc1. The number of hydrogen-bond donors (Lipinski definition) is 1. The Morgan fingerprint density at radius 1 is 1.19 bits per heavy atom. The average molecular weight is 369 g/mol. The minimum Gasteiger partial charge on any atom is -0.478 e. The fraction of sp³-hybridized carbons (Fsp3) is 0.133. The van der Waals surface area contributed by atoms with E-state index in [1.807, 2.05) is 6.07 Å². The molecule has 0 aromatic heterocycles. The lowest BCUT2D eigenvalue weighted by atomic mass is 10.1. The molecule has 0 aliphatic rings. The molecule has 0 saturated carbocycles. The van der Waals surface area contributed by atoms with E-state index in [2.05, 4.69) is 15.9 Å². The van der Waals surface area contributed by atoms with Crippen LogP contribution in [0.15, 0.2) is 51.8 Å². The maximum atomic E-state index is 12.5. The zero-order valence-electron chi connectivity index (χ0n) is 11.2. The van der Waals surface area contributed by atoms with Crippen LogP contribution in [0.3, 0.4) is 0 Å². The van der Waals surface area contributed by atoms with Gasteiger partial charge in [-0.15, -0.1) is 0 Å². The van der Waals surface area contributed by atoms with Gasteiger partial charge in [-0.3, -0.25) is 0 Å². The quantitative estimate of drug-likeness (QED) is 0.896. The van der Waals surface area contributed by atoms with Gasteiger partial charge in [0, 0.05) is 4.47 Å². The summed E-state index contributed by atoms with van der Waals surface area (Å²) in [5.41, 5.74) is 1.11. The summed E-state index contributed by atoms with van der Waals surface area (Å²) in [5, 5.41) is 9.06. The van der Waals surface area contributed by atoms with Crippen LogP contribution in [-0.4, -0.2) is 19.5 Å². The first kappa shape index (κ1) is 15.7. The third-order valence-corrected chi connectivity index (χ3v) is 5.71. The maximum Gasteiger partial charge on any atom is 0.335 e. The molecule has 4 nitrogen and oxygen atoms in total. The second-order valence-corrected chi connectivity index (χ2v) is 7.44. The molecular weight excluding hydrogens is 356 g/mol. The van der Waals surface area contributed by atoms with Crippen LogP contribution in [0, 0.1) is 6.92 Å². The molecule has 2 aromatic carbocycles.